The number of nitro groups is 1. The molecule has 0 aromatic heterocycles. The molecule has 0 radical (unpaired) electrons. The van der Waals surface area contributed by atoms with Gasteiger partial charge in [0.05, 0.1) is 32.9 Å². The average molecular weight is 574 g/mol. The van der Waals surface area contributed by atoms with E-state index in [2.05, 4.69) is 0 Å². The third-order valence-corrected chi connectivity index (χ3v) is 6.50. The lowest BCUT2D eigenvalue weighted by Crippen LogP contribution is -2.31. The summed E-state index contributed by atoms with van der Waals surface area (Å²) >= 11 is 0. The van der Waals surface area contributed by atoms with E-state index in [4.69, 9.17) is 4.74 Å². The number of esters is 1. The standard InChI is InChI=1S/C30H17F3N2O7/c31-30(32,33)23-8-4-5-9-24(23)34-27(37)21-15-12-19(16-22(21)28(34)38)29(39)42-26(25(36)17-6-2-1-3-7-17)18-10-13-20(14-11-18)35(40)41/h1-16,26H/t26-/m1/s1. The van der Waals surface area contributed by atoms with Gasteiger partial charge in [-0.3, -0.25) is 24.5 Å². The molecule has 0 aliphatic carbocycles. The summed E-state index contributed by atoms with van der Waals surface area (Å²) in [4.78, 5) is 63.5. The van der Waals surface area contributed by atoms with Gasteiger partial charge in [0.2, 0.25) is 5.78 Å². The number of alkyl halides is 3. The molecule has 0 bridgehead atoms. The summed E-state index contributed by atoms with van der Waals surface area (Å²) in [5, 5.41) is 11.1. The van der Waals surface area contributed by atoms with E-state index in [1.54, 1.807) is 18.2 Å². The Balaban J connectivity index is 1.47. The smallest absolute Gasteiger partial charge is 0.418 e. The van der Waals surface area contributed by atoms with E-state index in [9.17, 15) is 42.5 Å². The maximum absolute atomic E-state index is 13.6. The zero-order valence-electron chi connectivity index (χ0n) is 21.2. The van der Waals surface area contributed by atoms with Gasteiger partial charge in [0.1, 0.15) is 0 Å². The fraction of sp³-hybridized carbons (Fsp3) is 0.0667. The highest BCUT2D eigenvalue weighted by molar-refractivity contribution is 6.35. The number of para-hydroxylation sites is 1. The predicted molar refractivity (Wildman–Crippen MR) is 141 cm³/mol. The van der Waals surface area contributed by atoms with Crippen LogP contribution < -0.4 is 4.90 Å². The summed E-state index contributed by atoms with van der Waals surface area (Å²) in [6, 6.07) is 20.0. The van der Waals surface area contributed by atoms with Crippen LogP contribution in [-0.4, -0.2) is 28.5 Å². The van der Waals surface area contributed by atoms with Crippen LogP contribution >= 0.6 is 0 Å². The van der Waals surface area contributed by atoms with Crippen molar-refractivity contribution in [2.75, 3.05) is 4.90 Å². The zero-order valence-corrected chi connectivity index (χ0v) is 21.2. The fourth-order valence-electron chi connectivity index (χ4n) is 4.47. The number of hydrogen-bond donors (Lipinski definition) is 0. The maximum Gasteiger partial charge on any atom is 0.418 e. The molecule has 0 saturated carbocycles. The van der Waals surface area contributed by atoms with E-state index in [-0.39, 0.29) is 33.5 Å². The van der Waals surface area contributed by atoms with E-state index in [1.807, 2.05) is 0 Å². The predicted octanol–water partition coefficient (Wildman–Crippen LogP) is 6.20. The number of halogens is 3. The quantitative estimate of drug-likeness (QED) is 0.0847. The third-order valence-electron chi connectivity index (χ3n) is 6.50. The van der Waals surface area contributed by atoms with Gasteiger partial charge in [-0.25, -0.2) is 9.69 Å². The van der Waals surface area contributed by atoms with Crippen LogP contribution in [-0.2, 0) is 10.9 Å². The van der Waals surface area contributed by atoms with Gasteiger partial charge in [0.25, 0.3) is 17.5 Å². The molecule has 42 heavy (non-hydrogen) atoms. The topological polar surface area (TPSA) is 124 Å². The minimum atomic E-state index is -4.85. The molecule has 4 aromatic rings. The molecule has 0 unspecified atom stereocenters. The first kappa shape index (κ1) is 27.9. The number of non-ortho nitro benzene ring substituents is 1. The highest BCUT2D eigenvalue weighted by Crippen LogP contribution is 2.39. The zero-order chi connectivity index (χ0) is 30.2. The van der Waals surface area contributed by atoms with E-state index in [0.717, 1.165) is 48.5 Å². The molecule has 0 saturated heterocycles. The van der Waals surface area contributed by atoms with Crippen molar-refractivity contribution in [2.45, 2.75) is 12.3 Å². The summed E-state index contributed by atoms with van der Waals surface area (Å²) in [5.74, 6) is -3.80. The third kappa shape index (κ3) is 5.12. The van der Waals surface area contributed by atoms with E-state index >= 15 is 0 Å². The Morgan fingerprint density at radius 2 is 1.40 bits per heavy atom. The van der Waals surface area contributed by atoms with Gasteiger partial charge < -0.3 is 4.74 Å². The molecular formula is C30H17F3N2O7. The summed E-state index contributed by atoms with van der Waals surface area (Å²) in [7, 11) is 0. The lowest BCUT2D eigenvalue weighted by Gasteiger charge is -2.19. The second kappa shape index (κ2) is 10.7. The minimum absolute atomic E-state index is 0.130. The number of nitro benzene ring substituents is 1. The molecule has 12 heteroatoms. The Morgan fingerprint density at radius 3 is 2.05 bits per heavy atom. The Morgan fingerprint density at radius 1 is 0.786 bits per heavy atom. The number of hydrogen-bond acceptors (Lipinski definition) is 7. The second-order valence-electron chi connectivity index (χ2n) is 9.09. The van der Waals surface area contributed by atoms with Crippen LogP contribution in [0.4, 0.5) is 24.5 Å². The van der Waals surface area contributed by atoms with Crippen LogP contribution in [0, 0.1) is 10.1 Å². The molecule has 5 rings (SSSR count). The van der Waals surface area contributed by atoms with Gasteiger partial charge in [0.15, 0.2) is 6.10 Å². The number of nitrogens with zero attached hydrogens (tertiary/aromatic N) is 2. The van der Waals surface area contributed by atoms with Crippen LogP contribution in [0.5, 0.6) is 0 Å². The summed E-state index contributed by atoms with van der Waals surface area (Å²) < 4.78 is 46.3. The molecule has 1 aliphatic heterocycles. The molecule has 1 atom stereocenters. The van der Waals surface area contributed by atoms with Gasteiger partial charge in [-0.05, 0) is 42.5 Å². The number of carbonyl (C=O) groups excluding carboxylic acids is 4. The van der Waals surface area contributed by atoms with Crippen molar-refractivity contribution in [3.63, 3.8) is 0 Å². The van der Waals surface area contributed by atoms with Crippen molar-refractivity contribution in [3.8, 4) is 0 Å². The minimum Gasteiger partial charge on any atom is -0.445 e. The van der Waals surface area contributed by atoms with E-state index < -0.39 is 52.0 Å². The van der Waals surface area contributed by atoms with Crippen LogP contribution in [0.25, 0.3) is 0 Å². The van der Waals surface area contributed by atoms with Crippen LogP contribution in [0.1, 0.15) is 58.7 Å². The first-order valence-corrected chi connectivity index (χ1v) is 12.2. The Hall–Kier alpha value is -5.65. The molecule has 2 amide bonds. The van der Waals surface area contributed by atoms with Crippen molar-refractivity contribution in [1.29, 1.82) is 0 Å². The summed E-state index contributed by atoms with van der Waals surface area (Å²) in [6.45, 7) is 0. The number of benzene rings is 4. The van der Waals surface area contributed by atoms with E-state index in [1.165, 1.54) is 30.3 Å². The number of ketones is 1. The van der Waals surface area contributed by atoms with Gasteiger partial charge in [-0.15, -0.1) is 0 Å². The number of carbonyl (C=O) groups is 4. The van der Waals surface area contributed by atoms with Gasteiger partial charge in [-0.2, -0.15) is 13.2 Å². The fourth-order valence-corrected chi connectivity index (χ4v) is 4.47. The molecule has 0 N–H and O–H groups in total. The van der Waals surface area contributed by atoms with Crippen molar-refractivity contribution in [3.05, 3.63) is 141 Å². The number of ether oxygens (including phenoxy) is 1. The highest BCUT2D eigenvalue weighted by Gasteiger charge is 2.43. The Labute approximate surface area is 234 Å². The van der Waals surface area contributed by atoms with Gasteiger partial charge in [-0.1, -0.05) is 42.5 Å². The number of amides is 2. The molecule has 9 nitrogen and oxygen atoms in total. The van der Waals surface area contributed by atoms with Gasteiger partial charge >= 0.3 is 12.1 Å². The van der Waals surface area contributed by atoms with Crippen LogP contribution in [0.3, 0.4) is 0 Å². The first-order chi connectivity index (χ1) is 20.0. The summed E-state index contributed by atoms with van der Waals surface area (Å²) in [6.07, 6.45) is -6.39. The number of anilines is 1. The Kier molecular flexibility index (Phi) is 7.13. The lowest BCUT2D eigenvalue weighted by molar-refractivity contribution is -0.384. The second-order valence-corrected chi connectivity index (χ2v) is 9.09. The number of fused-ring (bicyclic) bond motifs is 1. The first-order valence-electron chi connectivity index (χ1n) is 12.2. The Bertz CT molecular complexity index is 1750. The molecular weight excluding hydrogens is 557 g/mol. The number of Topliss-reactive ketones (excluding diaryl/α,β-unsaturated/α-hetero) is 1. The largest absolute Gasteiger partial charge is 0.445 e. The molecule has 210 valence electrons. The van der Waals surface area contributed by atoms with Crippen molar-refractivity contribution in [2.24, 2.45) is 0 Å². The summed E-state index contributed by atoms with van der Waals surface area (Å²) in [5.41, 5.74) is -2.60. The lowest BCUT2D eigenvalue weighted by atomic mass is 9.99. The molecule has 4 aromatic carbocycles. The number of rotatable bonds is 7. The highest BCUT2D eigenvalue weighted by atomic mass is 19.4. The molecule has 1 heterocycles. The van der Waals surface area contributed by atoms with Crippen molar-refractivity contribution in [1.82, 2.24) is 0 Å². The van der Waals surface area contributed by atoms with Crippen molar-refractivity contribution >= 4 is 34.9 Å². The molecule has 0 spiro atoms. The molecule has 0 fully saturated rings. The average Bonchev–Trinajstić information content (AvgIpc) is 3.24. The monoisotopic (exact) mass is 574 g/mol. The normalized spacial score (nSPS) is 13.5. The van der Waals surface area contributed by atoms with Crippen LogP contribution in [0.15, 0.2) is 97.1 Å². The SMILES string of the molecule is O=C(O[C@@H](C(=O)c1ccccc1)c1ccc([N+](=O)[O-])cc1)c1ccc2c(c1)C(=O)N(c1ccccc1C(F)(F)F)C2=O. The van der Waals surface area contributed by atoms with Crippen LogP contribution in [0.2, 0.25) is 0 Å². The van der Waals surface area contributed by atoms with Gasteiger partial charge in [0, 0.05) is 23.3 Å². The molecule has 1 aliphatic rings. The van der Waals surface area contributed by atoms with Crippen molar-refractivity contribution < 1.29 is 42.0 Å². The maximum atomic E-state index is 13.6. The van der Waals surface area contributed by atoms with E-state index in [0.29, 0.717) is 4.90 Å². The number of imide groups is 1.